The van der Waals surface area contributed by atoms with Crippen molar-refractivity contribution in [3.05, 3.63) is 35.4 Å². The zero-order valence-electron chi connectivity index (χ0n) is 10.2. The second-order valence-electron chi connectivity index (χ2n) is 4.52. The Morgan fingerprint density at radius 1 is 1.19 bits per heavy atom. The Morgan fingerprint density at radius 2 is 1.94 bits per heavy atom. The predicted molar refractivity (Wildman–Crippen MR) is 68.8 cm³/mol. The summed E-state index contributed by atoms with van der Waals surface area (Å²) in [5.41, 5.74) is 2.94. The van der Waals surface area contributed by atoms with Crippen molar-refractivity contribution in [2.45, 2.75) is 19.8 Å². The molecule has 1 N–H and O–H groups in total. The lowest BCUT2D eigenvalue weighted by atomic mass is 10.1. The molecule has 0 amide bonds. The first-order valence-electron chi connectivity index (χ1n) is 6.39. The predicted octanol–water partition coefficient (Wildman–Crippen LogP) is 1.70. The molecule has 1 aliphatic heterocycles. The van der Waals surface area contributed by atoms with Crippen LogP contribution in [0.3, 0.4) is 0 Å². The minimum Gasteiger partial charge on any atom is -0.314 e. The second-order valence-corrected chi connectivity index (χ2v) is 4.52. The molecule has 0 aromatic heterocycles. The zero-order valence-corrected chi connectivity index (χ0v) is 10.2. The lowest BCUT2D eigenvalue weighted by Crippen LogP contribution is -2.44. The number of nitrogens with zero attached hydrogens (tertiary/aromatic N) is 1. The molecule has 1 aromatic rings. The fourth-order valence-corrected chi connectivity index (χ4v) is 2.23. The van der Waals surface area contributed by atoms with Crippen LogP contribution >= 0.6 is 0 Å². The van der Waals surface area contributed by atoms with Gasteiger partial charge in [0.05, 0.1) is 0 Å². The van der Waals surface area contributed by atoms with Crippen LogP contribution in [-0.4, -0.2) is 37.6 Å². The molecule has 88 valence electrons. The van der Waals surface area contributed by atoms with Crippen LogP contribution in [0, 0.1) is 0 Å². The van der Waals surface area contributed by atoms with Crippen molar-refractivity contribution < 1.29 is 0 Å². The van der Waals surface area contributed by atoms with E-state index < -0.39 is 0 Å². The van der Waals surface area contributed by atoms with Crippen LogP contribution in [-0.2, 0) is 12.8 Å². The van der Waals surface area contributed by atoms with Crippen LogP contribution in [0.15, 0.2) is 24.3 Å². The van der Waals surface area contributed by atoms with Crippen LogP contribution in [0.2, 0.25) is 0 Å². The Balaban J connectivity index is 1.83. The van der Waals surface area contributed by atoms with Gasteiger partial charge in [0.1, 0.15) is 0 Å². The van der Waals surface area contributed by atoms with Crippen LogP contribution < -0.4 is 5.32 Å². The van der Waals surface area contributed by atoms with E-state index >= 15 is 0 Å². The van der Waals surface area contributed by atoms with Gasteiger partial charge in [-0.1, -0.05) is 31.2 Å². The lowest BCUT2D eigenvalue weighted by Gasteiger charge is -2.27. The van der Waals surface area contributed by atoms with Gasteiger partial charge in [-0.25, -0.2) is 0 Å². The van der Waals surface area contributed by atoms with E-state index in [1.807, 2.05) is 0 Å². The van der Waals surface area contributed by atoms with Gasteiger partial charge in [0.25, 0.3) is 0 Å². The molecule has 0 bridgehead atoms. The van der Waals surface area contributed by atoms with Crippen LogP contribution in [0.1, 0.15) is 18.1 Å². The topological polar surface area (TPSA) is 15.3 Å². The molecule has 0 aliphatic carbocycles. The van der Waals surface area contributed by atoms with Gasteiger partial charge < -0.3 is 10.2 Å². The Hall–Kier alpha value is -0.860. The molecule has 0 atom stereocenters. The van der Waals surface area contributed by atoms with Gasteiger partial charge in [-0.2, -0.15) is 0 Å². The lowest BCUT2D eigenvalue weighted by molar-refractivity contribution is 0.244. The minimum absolute atomic E-state index is 1.14. The molecule has 0 radical (unpaired) electrons. The van der Waals surface area contributed by atoms with Gasteiger partial charge in [-0.05, 0) is 24.0 Å². The number of hydrogen-bond donors (Lipinski definition) is 1. The maximum Gasteiger partial charge on any atom is 0.0108 e. The molecule has 0 unspecified atom stereocenters. The van der Waals surface area contributed by atoms with E-state index in [1.165, 1.54) is 37.2 Å². The maximum atomic E-state index is 3.39. The highest BCUT2D eigenvalue weighted by Crippen LogP contribution is 2.07. The molecule has 1 heterocycles. The first-order valence-corrected chi connectivity index (χ1v) is 6.39. The third kappa shape index (κ3) is 3.32. The Kier molecular flexibility index (Phi) is 4.37. The molecule has 2 nitrogen and oxygen atoms in total. The average Bonchev–Trinajstić information content (AvgIpc) is 2.38. The van der Waals surface area contributed by atoms with Gasteiger partial charge in [0, 0.05) is 32.7 Å². The summed E-state index contributed by atoms with van der Waals surface area (Å²) < 4.78 is 0. The van der Waals surface area contributed by atoms with Crippen molar-refractivity contribution >= 4 is 0 Å². The summed E-state index contributed by atoms with van der Waals surface area (Å²) in [6.45, 7) is 8.12. The molecule has 2 rings (SSSR count). The number of aryl methyl sites for hydroxylation is 1. The second kappa shape index (κ2) is 6.02. The standard InChI is InChI=1S/C14H22N2/c1-2-13-4-3-5-14(12-13)6-9-16-10-7-15-8-11-16/h3-5,12,15H,2,6-11H2,1H3. The summed E-state index contributed by atoms with van der Waals surface area (Å²) in [5.74, 6) is 0. The maximum absolute atomic E-state index is 3.39. The van der Waals surface area contributed by atoms with Crippen LogP contribution in [0.5, 0.6) is 0 Å². The molecule has 1 saturated heterocycles. The van der Waals surface area contributed by atoms with Crippen LogP contribution in [0.4, 0.5) is 0 Å². The molecule has 2 heteroatoms. The van der Waals surface area contributed by atoms with E-state index in [0.717, 1.165) is 19.5 Å². The molecular weight excluding hydrogens is 196 g/mol. The monoisotopic (exact) mass is 218 g/mol. The van der Waals surface area contributed by atoms with Crippen LogP contribution in [0.25, 0.3) is 0 Å². The first-order chi connectivity index (χ1) is 7.88. The summed E-state index contributed by atoms with van der Waals surface area (Å²) in [4.78, 5) is 2.55. The van der Waals surface area contributed by atoms with E-state index in [1.54, 1.807) is 0 Å². The number of nitrogens with one attached hydrogen (secondary N) is 1. The zero-order chi connectivity index (χ0) is 11.2. The SMILES string of the molecule is CCc1cccc(CCN2CCNCC2)c1. The van der Waals surface area contributed by atoms with E-state index in [0.29, 0.717) is 0 Å². The summed E-state index contributed by atoms with van der Waals surface area (Å²) in [6.07, 6.45) is 2.33. The quantitative estimate of drug-likeness (QED) is 0.827. The van der Waals surface area contributed by atoms with E-state index in [-0.39, 0.29) is 0 Å². The fourth-order valence-electron chi connectivity index (χ4n) is 2.23. The number of rotatable bonds is 4. The van der Waals surface area contributed by atoms with Gasteiger partial charge >= 0.3 is 0 Å². The molecular formula is C14H22N2. The number of piperazine rings is 1. The first kappa shape index (κ1) is 11.6. The van der Waals surface area contributed by atoms with E-state index in [9.17, 15) is 0 Å². The molecule has 1 fully saturated rings. The molecule has 1 aromatic carbocycles. The normalized spacial score (nSPS) is 17.6. The Labute approximate surface area is 98.7 Å². The van der Waals surface area contributed by atoms with Crippen molar-refractivity contribution in [1.82, 2.24) is 10.2 Å². The largest absolute Gasteiger partial charge is 0.314 e. The highest BCUT2D eigenvalue weighted by atomic mass is 15.2. The smallest absolute Gasteiger partial charge is 0.0108 e. The summed E-state index contributed by atoms with van der Waals surface area (Å²) >= 11 is 0. The van der Waals surface area contributed by atoms with Gasteiger partial charge in [-0.3, -0.25) is 0 Å². The molecule has 1 aliphatic rings. The fraction of sp³-hybridized carbons (Fsp3) is 0.571. The summed E-state index contributed by atoms with van der Waals surface area (Å²) in [5, 5.41) is 3.39. The van der Waals surface area contributed by atoms with Crippen molar-refractivity contribution in [3.8, 4) is 0 Å². The highest BCUT2D eigenvalue weighted by Gasteiger charge is 2.08. The number of hydrogen-bond acceptors (Lipinski definition) is 2. The summed E-state index contributed by atoms with van der Waals surface area (Å²) in [6, 6.07) is 9.00. The molecule has 16 heavy (non-hydrogen) atoms. The van der Waals surface area contributed by atoms with Gasteiger partial charge in [0.15, 0.2) is 0 Å². The van der Waals surface area contributed by atoms with E-state index in [2.05, 4.69) is 41.4 Å². The Morgan fingerprint density at radius 3 is 2.69 bits per heavy atom. The third-order valence-corrected chi connectivity index (χ3v) is 3.33. The minimum atomic E-state index is 1.14. The third-order valence-electron chi connectivity index (χ3n) is 3.33. The molecule has 0 spiro atoms. The van der Waals surface area contributed by atoms with Crippen molar-refractivity contribution in [2.24, 2.45) is 0 Å². The highest BCUT2D eigenvalue weighted by molar-refractivity contribution is 5.23. The molecule has 0 saturated carbocycles. The Bertz CT molecular complexity index is 316. The summed E-state index contributed by atoms with van der Waals surface area (Å²) in [7, 11) is 0. The van der Waals surface area contributed by atoms with Crippen molar-refractivity contribution in [3.63, 3.8) is 0 Å². The van der Waals surface area contributed by atoms with Crippen molar-refractivity contribution in [2.75, 3.05) is 32.7 Å². The number of benzene rings is 1. The van der Waals surface area contributed by atoms with Gasteiger partial charge in [0.2, 0.25) is 0 Å². The van der Waals surface area contributed by atoms with Gasteiger partial charge in [-0.15, -0.1) is 0 Å². The average molecular weight is 218 g/mol. The van der Waals surface area contributed by atoms with E-state index in [4.69, 9.17) is 0 Å². The van der Waals surface area contributed by atoms with Crippen molar-refractivity contribution in [1.29, 1.82) is 0 Å².